The predicted octanol–water partition coefficient (Wildman–Crippen LogP) is 1.73. The van der Waals surface area contributed by atoms with Gasteiger partial charge in [0.25, 0.3) is 5.91 Å². The summed E-state index contributed by atoms with van der Waals surface area (Å²) >= 11 is 0. The number of ether oxygens (including phenoxy) is 1. The average molecular weight is 402 g/mol. The second-order valence-corrected chi connectivity index (χ2v) is 8.81. The lowest BCUT2D eigenvalue weighted by atomic mass is 9.96. The third-order valence-electron chi connectivity index (χ3n) is 5.24. The van der Waals surface area contributed by atoms with Crippen molar-refractivity contribution in [3.05, 3.63) is 47.8 Å². The van der Waals surface area contributed by atoms with Gasteiger partial charge in [0.2, 0.25) is 10.0 Å². The molecule has 4 rings (SSSR count). The molecule has 8 nitrogen and oxygen atoms in total. The number of aromatic nitrogens is 1. The van der Waals surface area contributed by atoms with Crippen LogP contribution in [0.25, 0.3) is 0 Å². The van der Waals surface area contributed by atoms with E-state index in [0.717, 1.165) is 5.69 Å². The van der Waals surface area contributed by atoms with E-state index in [0.29, 0.717) is 42.9 Å². The number of likely N-dealkylation sites (tertiary alicyclic amines) is 1. The van der Waals surface area contributed by atoms with Crippen molar-refractivity contribution in [1.29, 1.82) is 0 Å². The van der Waals surface area contributed by atoms with Gasteiger partial charge in [0.15, 0.2) is 0 Å². The van der Waals surface area contributed by atoms with Gasteiger partial charge in [0.05, 0.1) is 18.4 Å². The Labute approximate surface area is 164 Å². The number of carbonyl (C=O) groups is 1. The topological polar surface area (TPSA) is 101 Å². The minimum absolute atomic E-state index is 0.0944. The zero-order valence-electron chi connectivity index (χ0n) is 15.7. The van der Waals surface area contributed by atoms with E-state index in [4.69, 9.17) is 4.74 Å². The highest BCUT2D eigenvalue weighted by Gasteiger charge is 2.44. The molecule has 0 aliphatic carbocycles. The number of sulfonamides is 1. The van der Waals surface area contributed by atoms with E-state index in [1.54, 1.807) is 35.4 Å². The summed E-state index contributed by atoms with van der Waals surface area (Å²) < 4.78 is 33.5. The first-order valence-electron chi connectivity index (χ1n) is 9.04. The molecular formula is C19H22N4O4S. The predicted molar refractivity (Wildman–Crippen MR) is 104 cm³/mol. The number of nitrogens with one attached hydrogen (secondary N) is 2. The number of methoxy groups -OCH3 is 1. The molecule has 9 heteroatoms. The molecule has 0 atom stereocenters. The lowest BCUT2D eigenvalue weighted by Gasteiger charge is -2.45. The SMILES string of the molecule is COc1ccc2c(c1)NC1(CCN(C(=O)c3ccc(C)nc3)CC1)NS2(=O)=O. The first-order chi connectivity index (χ1) is 13.3. The molecule has 2 aliphatic rings. The van der Waals surface area contributed by atoms with Crippen LogP contribution in [0.15, 0.2) is 41.4 Å². The number of nitrogens with zero attached hydrogens (tertiary/aromatic N) is 2. The number of amides is 1. The molecular weight excluding hydrogens is 380 g/mol. The summed E-state index contributed by atoms with van der Waals surface area (Å²) in [5, 5.41) is 3.33. The van der Waals surface area contributed by atoms with Crippen LogP contribution in [0, 0.1) is 6.92 Å². The molecule has 28 heavy (non-hydrogen) atoms. The summed E-state index contributed by atoms with van der Waals surface area (Å²) in [6.07, 6.45) is 2.48. The molecule has 0 radical (unpaired) electrons. The van der Waals surface area contributed by atoms with E-state index < -0.39 is 15.7 Å². The Morgan fingerprint density at radius 2 is 1.96 bits per heavy atom. The van der Waals surface area contributed by atoms with Gasteiger partial charge in [-0.2, -0.15) is 4.72 Å². The molecule has 0 saturated carbocycles. The molecule has 0 unspecified atom stereocenters. The number of hydrogen-bond donors (Lipinski definition) is 2. The average Bonchev–Trinajstić information content (AvgIpc) is 2.67. The number of hydrogen-bond acceptors (Lipinski definition) is 6. The van der Waals surface area contributed by atoms with E-state index >= 15 is 0 Å². The van der Waals surface area contributed by atoms with Gasteiger partial charge in [0, 0.05) is 43.9 Å². The van der Waals surface area contributed by atoms with Crippen molar-refractivity contribution in [2.75, 3.05) is 25.5 Å². The summed E-state index contributed by atoms with van der Waals surface area (Å²) in [5.74, 6) is 0.487. The summed E-state index contributed by atoms with van der Waals surface area (Å²) in [4.78, 5) is 18.8. The van der Waals surface area contributed by atoms with Gasteiger partial charge in [-0.1, -0.05) is 0 Å². The van der Waals surface area contributed by atoms with Crippen molar-refractivity contribution in [1.82, 2.24) is 14.6 Å². The largest absolute Gasteiger partial charge is 0.497 e. The van der Waals surface area contributed by atoms with Crippen LogP contribution < -0.4 is 14.8 Å². The molecule has 1 amide bonds. The minimum Gasteiger partial charge on any atom is -0.497 e. The van der Waals surface area contributed by atoms with Crippen molar-refractivity contribution in [3.63, 3.8) is 0 Å². The number of carbonyl (C=O) groups excluding carboxylic acids is 1. The Morgan fingerprint density at radius 1 is 1.21 bits per heavy atom. The molecule has 0 bridgehead atoms. The number of aryl methyl sites for hydroxylation is 1. The van der Waals surface area contributed by atoms with Crippen LogP contribution in [0.1, 0.15) is 28.9 Å². The van der Waals surface area contributed by atoms with Gasteiger partial charge in [-0.25, -0.2) is 8.42 Å². The molecule has 2 aliphatic heterocycles. The van der Waals surface area contributed by atoms with Crippen molar-refractivity contribution < 1.29 is 17.9 Å². The van der Waals surface area contributed by atoms with Crippen molar-refractivity contribution in [2.24, 2.45) is 0 Å². The summed E-state index contributed by atoms with van der Waals surface area (Å²) in [6, 6.07) is 8.40. The number of anilines is 1. The first-order valence-corrected chi connectivity index (χ1v) is 10.5. The highest BCUT2D eigenvalue weighted by atomic mass is 32.2. The van der Waals surface area contributed by atoms with Crippen LogP contribution in [0.5, 0.6) is 5.75 Å². The number of pyridine rings is 1. The maximum Gasteiger partial charge on any atom is 0.255 e. The van der Waals surface area contributed by atoms with Crippen molar-refractivity contribution in [2.45, 2.75) is 30.3 Å². The molecule has 1 fully saturated rings. The van der Waals surface area contributed by atoms with Gasteiger partial charge in [0.1, 0.15) is 16.3 Å². The van der Waals surface area contributed by atoms with Gasteiger partial charge in [-0.05, 0) is 31.2 Å². The number of fused-ring (bicyclic) bond motifs is 1. The van der Waals surface area contributed by atoms with Gasteiger partial charge < -0.3 is 15.0 Å². The first kappa shape index (κ1) is 18.7. The van der Waals surface area contributed by atoms with Crippen molar-refractivity contribution in [3.8, 4) is 5.75 Å². The molecule has 1 aromatic carbocycles. The fraction of sp³-hybridized carbons (Fsp3) is 0.368. The Morgan fingerprint density at radius 3 is 2.61 bits per heavy atom. The highest BCUT2D eigenvalue weighted by molar-refractivity contribution is 7.89. The Balaban J connectivity index is 1.53. The molecule has 1 saturated heterocycles. The van der Waals surface area contributed by atoms with Crippen LogP contribution >= 0.6 is 0 Å². The number of piperidine rings is 1. The van der Waals surface area contributed by atoms with E-state index in [1.165, 1.54) is 13.2 Å². The zero-order chi connectivity index (χ0) is 19.9. The minimum atomic E-state index is -3.65. The van der Waals surface area contributed by atoms with Crippen molar-refractivity contribution >= 4 is 21.6 Å². The van der Waals surface area contributed by atoms with Gasteiger partial charge in [-0.15, -0.1) is 0 Å². The summed E-state index contributed by atoms with van der Waals surface area (Å²) in [7, 11) is -2.11. The Hall–Kier alpha value is -2.65. The van der Waals surface area contributed by atoms with E-state index in [2.05, 4.69) is 15.0 Å². The Bertz CT molecular complexity index is 1010. The normalized spacial score (nSPS) is 19.6. The maximum atomic E-state index is 12.7. The van der Waals surface area contributed by atoms with Crippen LogP contribution in [0.2, 0.25) is 0 Å². The zero-order valence-corrected chi connectivity index (χ0v) is 16.5. The van der Waals surface area contributed by atoms with Crippen LogP contribution in [-0.2, 0) is 10.0 Å². The molecule has 1 aromatic heterocycles. The molecule has 3 heterocycles. The van der Waals surface area contributed by atoms with Gasteiger partial charge >= 0.3 is 0 Å². The second kappa shape index (κ2) is 6.75. The van der Waals surface area contributed by atoms with E-state index in [9.17, 15) is 13.2 Å². The fourth-order valence-electron chi connectivity index (χ4n) is 3.66. The smallest absolute Gasteiger partial charge is 0.255 e. The third kappa shape index (κ3) is 3.31. The molecule has 1 spiro atoms. The fourth-order valence-corrected chi connectivity index (χ4v) is 5.19. The van der Waals surface area contributed by atoms with Gasteiger partial charge in [-0.3, -0.25) is 9.78 Å². The maximum absolute atomic E-state index is 12.7. The molecule has 2 N–H and O–H groups in total. The lowest BCUT2D eigenvalue weighted by molar-refractivity contribution is 0.0675. The lowest BCUT2D eigenvalue weighted by Crippen LogP contribution is -2.62. The highest BCUT2D eigenvalue weighted by Crippen LogP contribution is 2.37. The summed E-state index contributed by atoms with van der Waals surface area (Å²) in [6.45, 7) is 2.73. The van der Waals surface area contributed by atoms with E-state index in [1.807, 2.05) is 6.92 Å². The standard InChI is InChI=1S/C19H22N4O4S/c1-13-3-4-14(12-20-13)18(24)23-9-7-19(8-10-23)21-16-11-15(27-2)5-6-17(16)28(25,26)22-19/h3-6,11-12,21-22H,7-10H2,1-2H3. The Kier molecular flexibility index (Phi) is 4.51. The van der Waals surface area contributed by atoms with Crippen LogP contribution in [0.3, 0.4) is 0 Å². The summed E-state index contributed by atoms with van der Waals surface area (Å²) in [5.41, 5.74) is 1.08. The quantitative estimate of drug-likeness (QED) is 0.794. The van der Waals surface area contributed by atoms with Crippen LogP contribution in [-0.4, -0.2) is 50.1 Å². The second-order valence-electron chi connectivity index (χ2n) is 7.16. The third-order valence-corrected chi connectivity index (χ3v) is 6.84. The number of rotatable bonds is 2. The molecule has 148 valence electrons. The van der Waals surface area contributed by atoms with E-state index in [-0.39, 0.29) is 10.8 Å². The molecule has 2 aromatic rings. The van der Waals surface area contributed by atoms with Crippen LogP contribution in [0.4, 0.5) is 5.69 Å². The number of benzene rings is 1. The monoisotopic (exact) mass is 402 g/mol.